The van der Waals surface area contributed by atoms with Crippen LogP contribution in [-0.2, 0) is 11.4 Å². The summed E-state index contributed by atoms with van der Waals surface area (Å²) in [5.74, 6) is 0.787. The molecular formula is C19H21FN2O4. The molecule has 0 radical (unpaired) electrons. The number of nitrogens with one attached hydrogen (secondary N) is 1. The van der Waals surface area contributed by atoms with Crippen LogP contribution in [0.4, 0.5) is 4.39 Å². The van der Waals surface area contributed by atoms with E-state index in [9.17, 15) is 14.0 Å². The van der Waals surface area contributed by atoms with Crippen LogP contribution in [0.2, 0.25) is 0 Å². The molecule has 7 heteroatoms. The quantitative estimate of drug-likeness (QED) is 0.735. The zero-order chi connectivity index (χ0) is 18.4. The minimum Gasteiger partial charge on any atom is -0.486 e. The van der Waals surface area contributed by atoms with E-state index in [4.69, 9.17) is 9.15 Å². The number of carbonyl (C=O) groups is 2. The normalized spacial score (nSPS) is 13.9. The molecule has 2 amide bonds. The Morgan fingerprint density at radius 1 is 1.23 bits per heavy atom. The largest absolute Gasteiger partial charge is 0.486 e. The fourth-order valence-corrected chi connectivity index (χ4v) is 2.76. The molecule has 1 aromatic carbocycles. The van der Waals surface area contributed by atoms with Crippen molar-refractivity contribution in [3.63, 3.8) is 0 Å². The Morgan fingerprint density at radius 2 is 2.04 bits per heavy atom. The molecule has 1 aromatic heterocycles. The summed E-state index contributed by atoms with van der Waals surface area (Å²) in [6.45, 7) is 2.09. The van der Waals surface area contributed by atoms with Crippen LogP contribution >= 0.6 is 0 Å². The van der Waals surface area contributed by atoms with Gasteiger partial charge in [-0.15, -0.1) is 0 Å². The fourth-order valence-electron chi connectivity index (χ4n) is 2.76. The number of halogens is 1. The highest BCUT2D eigenvalue weighted by Gasteiger charge is 2.19. The summed E-state index contributed by atoms with van der Waals surface area (Å²) in [5.41, 5.74) is 0. The Kier molecular flexibility index (Phi) is 5.88. The summed E-state index contributed by atoms with van der Waals surface area (Å²) in [6.07, 6.45) is 2.25. The number of hydrogen-bond donors (Lipinski definition) is 1. The third-order valence-corrected chi connectivity index (χ3v) is 4.14. The van der Waals surface area contributed by atoms with Crippen LogP contribution in [0.25, 0.3) is 0 Å². The van der Waals surface area contributed by atoms with Crippen LogP contribution in [0.3, 0.4) is 0 Å². The van der Waals surface area contributed by atoms with Gasteiger partial charge in [-0.3, -0.25) is 9.59 Å². The van der Waals surface area contributed by atoms with Gasteiger partial charge in [-0.1, -0.05) is 0 Å². The number of ether oxygens (including phenoxy) is 1. The fraction of sp³-hybridized carbons (Fsp3) is 0.368. The second-order valence-corrected chi connectivity index (χ2v) is 6.10. The topological polar surface area (TPSA) is 71.8 Å². The van der Waals surface area contributed by atoms with Crippen molar-refractivity contribution in [1.29, 1.82) is 0 Å². The Balaban J connectivity index is 1.39. The molecule has 2 aromatic rings. The first-order valence-electron chi connectivity index (χ1n) is 8.65. The maximum Gasteiger partial charge on any atom is 0.286 e. The van der Waals surface area contributed by atoms with Crippen molar-refractivity contribution in [1.82, 2.24) is 10.2 Å². The summed E-state index contributed by atoms with van der Waals surface area (Å²) in [7, 11) is 0. The molecule has 0 bridgehead atoms. The van der Waals surface area contributed by atoms with Crippen molar-refractivity contribution in [2.24, 2.45) is 0 Å². The number of hydrogen-bond acceptors (Lipinski definition) is 4. The second kappa shape index (κ2) is 8.51. The average Bonchev–Trinajstić information content (AvgIpc) is 3.27. The lowest BCUT2D eigenvalue weighted by Crippen LogP contribution is -2.30. The third kappa shape index (κ3) is 4.84. The van der Waals surface area contributed by atoms with Gasteiger partial charge in [0, 0.05) is 26.1 Å². The van der Waals surface area contributed by atoms with Crippen LogP contribution < -0.4 is 10.1 Å². The Hall–Kier alpha value is -2.83. The molecule has 0 atom stereocenters. The van der Waals surface area contributed by atoms with Gasteiger partial charge in [-0.2, -0.15) is 0 Å². The van der Waals surface area contributed by atoms with Crippen molar-refractivity contribution in [2.75, 3.05) is 19.6 Å². The number of likely N-dealkylation sites (tertiary alicyclic amines) is 1. The minimum atomic E-state index is -0.330. The number of furan rings is 1. The number of amides is 2. The summed E-state index contributed by atoms with van der Waals surface area (Å²) < 4.78 is 23.8. The standard InChI is InChI=1S/C19H21FN2O4/c20-14-4-6-15(7-5-14)25-13-16-8-9-17(26-16)19(24)21-10-2-12-22-11-1-3-18(22)23/h4-9H,1-3,10-13H2,(H,21,24). The lowest BCUT2D eigenvalue weighted by molar-refractivity contribution is -0.127. The van der Waals surface area contributed by atoms with Crippen molar-refractivity contribution in [3.05, 3.63) is 53.7 Å². The molecular weight excluding hydrogens is 339 g/mol. The third-order valence-electron chi connectivity index (χ3n) is 4.14. The molecule has 0 spiro atoms. The molecule has 2 heterocycles. The molecule has 1 aliphatic rings. The SMILES string of the molecule is O=C(NCCCN1CCCC1=O)c1ccc(COc2ccc(F)cc2)o1. The number of carbonyl (C=O) groups excluding carboxylic acids is 2. The van der Waals surface area contributed by atoms with Crippen molar-refractivity contribution in [3.8, 4) is 5.75 Å². The average molecular weight is 360 g/mol. The van der Waals surface area contributed by atoms with Gasteiger partial charge in [0.15, 0.2) is 5.76 Å². The molecule has 0 unspecified atom stereocenters. The second-order valence-electron chi connectivity index (χ2n) is 6.10. The first-order chi connectivity index (χ1) is 12.6. The van der Waals surface area contributed by atoms with E-state index in [2.05, 4.69) is 5.32 Å². The van der Waals surface area contributed by atoms with E-state index in [1.165, 1.54) is 24.3 Å². The van der Waals surface area contributed by atoms with E-state index in [1.54, 1.807) is 12.1 Å². The molecule has 26 heavy (non-hydrogen) atoms. The summed E-state index contributed by atoms with van der Waals surface area (Å²) in [6, 6.07) is 8.93. The van der Waals surface area contributed by atoms with Gasteiger partial charge in [0.2, 0.25) is 5.91 Å². The lowest BCUT2D eigenvalue weighted by Gasteiger charge is -2.14. The van der Waals surface area contributed by atoms with E-state index in [0.29, 0.717) is 37.4 Å². The maximum absolute atomic E-state index is 12.8. The molecule has 1 N–H and O–H groups in total. The van der Waals surface area contributed by atoms with Gasteiger partial charge in [-0.05, 0) is 49.2 Å². The van der Waals surface area contributed by atoms with Crippen LogP contribution in [0.1, 0.15) is 35.6 Å². The Morgan fingerprint density at radius 3 is 2.77 bits per heavy atom. The van der Waals surface area contributed by atoms with Gasteiger partial charge in [0.1, 0.15) is 23.9 Å². The Labute approximate surface area is 150 Å². The van der Waals surface area contributed by atoms with Crippen molar-refractivity contribution < 1.29 is 23.1 Å². The van der Waals surface area contributed by atoms with E-state index in [-0.39, 0.29) is 30.0 Å². The maximum atomic E-state index is 12.8. The Bertz CT molecular complexity index is 757. The minimum absolute atomic E-state index is 0.149. The van der Waals surface area contributed by atoms with Gasteiger partial charge in [0.05, 0.1) is 0 Å². The van der Waals surface area contributed by atoms with Gasteiger partial charge < -0.3 is 19.4 Å². The van der Waals surface area contributed by atoms with Gasteiger partial charge in [0.25, 0.3) is 5.91 Å². The van der Waals surface area contributed by atoms with Gasteiger partial charge >= 0.3 is 0 Å². The first kappa shape index (κ1) is 18.0. The molecule has 1 fully saturated rings. The monoisotopic (exact) mass is 360 g/mol. The lowest BCUT2D eigenvalue weighted by atomic mass is 10.3. The van der Waals surface area contributed by atoms with Gasteiger partial charge in [-0.25, -0.2) is 4.39 Å². The van der Waals surface area contributed by atoms with E-state index < -0.39 is 0 Å². The van der Waals surface area contributed by atoms with E-state index in [1.807, 2.05) is 4.90 Å². The highest BCUT2D eigenvalue weighted by Crippen LogP contribution is 2.15. The number of nitrogens with zero attached hydrogens (tertiary/aromatic N) is 1. The molecule has 138 valence electrons. The predicted octanol–water partition coefficient (Wildman–Crippen LogP) is 2.74. The molecule has 0 saturated carbocycles. The molecule has 0 aliphatic carbocycles. The van der Waals surface area contributed by atoms with E-state index >= 15 is 0 Å². The van der Waals surface area contributed by atoms with Crippen molar-refractivity contribution in [2.45, 2.75) is 25.9 Å². The molecule has 3 rings (SSSR count). The first-order valence-corrected chi connectivity index (χ1v) is 8.65. The van der Waals surface area contributed by atoms with Crippen molar-refractivity contribution >= 4 is 11.8 Å². The van der Waals surface area contributed by atoms with E-state index in [0.717, 1.165) is 13.0 Å². The summed E-state index contributed by atoms with van der Waals surface area (Å²) >= 11 is 0. The van der Waals surface area contributed by atoms with Crippen LogP contribution in [0.15, 0.2) is 40.8 Å². The zero-order valence-corrected chi connectivity index (χ0v) is 14.4. The molecule has 1 saturated heterocycles. The predicted molar refractivity (Wildman–Crippen MR) is 92.2 cm³/mol. The van der Waals surface area contributed by atoms with Crippen LogP contribution in [0.5, 0.6) is 5.75 Å². The smallest absolute Gasteiger partial charge is 0.286 e. The summed E-state index contributed by atoms with van der Waals surface area (Å²) in [5, 5.41) is 2.78. The zero-order valence-electron chi connectivity index (χ0n) is 14.4. The highest BCUT2D eigenvalue weighted by molar-refractivity contribution is 5.91. The highest BCUT2D eigenvalue weighted by atomic mass is 19.1. The molecule has 1 aliphatic heterocycles. The number of benzene rings is 1. The van der Waals surface area contributed by atoms with Crippen LogP contribution in [-0.4, -0.2) is 36.3 Å². The summed E-state index contributed by atoms with van der Waals surface area (Å²) in [4.78, 5) is 25.4. The molecule has 6 nitrogen and oxygen atoms in total. The van der Waals surface area contributed by atoms with Crippen LogP contribution in [0, 0.1) is 5.82 Å². The number of rotatable bonds is 8.